The van der Waals surface area contributed by atoms with E-state index in [0.29, 0.717) is 16.8 Å². The zero-order chi connectivity index (χ0) is 24.0. The highest BCUT2D eigenvalue weighted by Crippen LogP contribution is 2.41. The fraction of sp³-hybridized carbons (Fsp3) is 0.231. The Kier molecular flexibility index (Phi) is 8.69. The third kappa shape index (κ3) is 5.65. The smallest absolute Gasteiger partial charge is 0.340 e. The second-order valence-corrected chi connectivity index (χ2v) is 8.94. The lowest BCUT2D eigenvalue weighted by Gasteiger charge is -2.13. The van der Waals surface area contributed by atoms with Crippen LogP contribution < -0.4 is 0 Å². The Morgan fingerprint density at radius 1 is 0.879 bits per heavy atom. The lowest BCUT2D eigenvalue weighted by molar-refractivity contribution is -0.143. The SMILES string of the molecule is C/C=C/c1c(C(=O)OCC)c(-c2ccc(Br)cc2)c(-c2ccc(Br)cc2)n1CC(=O)OCC. The molecule has 33 heavy (non-hydrogen) atoms. The first-order chi connectivity index (χ1) is 15.9. The second kappa shape index (κ2) is 11.5. The molecule has 0 amide bonds. The molecule has 0 aliphatic carbocycles. The third-order valence-corrected chi connectivity index (χ3v) is 6.01. The third-order valence-electron chi connectivity index (χ3n) is 4.95. The summed E-state index contributed by atoms with van der Waals surface area (Å²) >= 11 is 6.97. The molecule has 7 heteroatoms. The number of esters is 2. The molecule has 0 fully saturated rings. The monoisotopic (exact) mass is 573 g/mol. The van der Waals surface area contributed by atoms with Gasteiger partial charge in [-0.1, -0.05) is 62.2 Å². The topological polar surface area (TPSA) is 57.5 Å². The van der Waals surface area contributed by atoms with Crippen LogP contribution in [-0.2, 0) is 20.8 Å². The number of nitrogens with zero attached hydrogens (tertiary/aromatic N) is 1. The zero-order valence-electron chi connectivity index (χ0n) is 18.7. The Hall–Kier alpha value is -2.64. The minimum absolute atomic E-state index is 0.0398. The van der Waals surface area contributed by atoms with Gasteiger partial charge >= 0.3 is 11.9 Å². The van der Waals surface area contributed by atoms with Gasteiger partial charge in [-0.2, -0.15) is 0 Å². The van der Waals surface area contributed by atoms with Gasteiger partial charge in [0.05, 0.1) is 30.2 Å². The molecule has 0 radical (unpaired) electrons. The Labute approximate surface area is 210 Å². The predicted molar refractivity (Wildman–Crippen MR) is 138 cm³/mol. The summed E-state index contributed by atoms with van der Waals surface area (Å²) in [5.74, 6) is -0.820. The van der Waals surface area contributed by atoms with Crippen molar-refractivity contribution in [3.05, 3.63) is 74.8 Å². The highest BCUT2D eigenvalue weighted by molar-refractivity contribution is 9.10. The van der Waals surface area contributed by atoms with Gasteiger partial charge in [0, 0.05) is 14.5 Å². The summed E-state index contributed by atoms with van der Waals surface area (Å²) in [6, 6.07) is 15.5. The van der Waals surface area contributed by atoms with Crippen molar-refractivity contribution >= 4 is 49.9 Å². The minimum Gasteiger partial charge on any atom is -0.465 e. The Bertz CT molecular complexity index is 1160. The molecule has 1 aromatic heterocycles. The molecule has 0 N–H and O–H groups in total. The molecule has 0 saturated carbocycles. The molecule has 0 saturated heterocycles. The summed E-state index contributed by atoms with van der Waals surface area (Å²) in [6.07, 6.45) is 3.67. The van der Waals surface area contributed by atoms with E-state index in [-0.39, 0.29) is 25.7 Å². The van der Waals surface area contributed by atoms with Crippen molar-refractivity contribution in [1.29, 1.82) is 0 Å². The van der Waals surface area contributed by atoms with Crippen molar-refractivity contribution in [3.8, 4) is 22.4 Å². The van der Waals surface area contributed by atoms with Gasteiger partial charge in [0.2, 0.25) is 0 Å². The number of aromatic nitrogens is 1. The first kappa shape index (κ1) is 25.0. The minimum atomic E-state index is -0.440. The van der Waals surface area contributed by atoms with Gasteiger partial charge in [0.25, 0.3) is 0 Å². The van der Waals surface area contributed by atoms with Gasteiger partial charge in [-0.25, -0.2) is 4.79 Å². The molecule has 0 unspecified atom stereocenters. The lowest BCUT2D eigenvalue weighted by Crippen LogP contribution is -2.16. The summed E-state index contributed by atoms with van der Waals surface area (Å²) in [7, 11) is 0. The van der Waals surface area contributed by atoms with Gasteiger partial charge < -0.3 is 14.0 Å². The number of rotatable bonds is 8. The molecule has 0 aliphatic rings. The molecule has 5 nitrogen and oxygen atoms in total. The summed E-state index contributed by atoms with van der Waals surface area (Å²) in [5.41, 5.74) is 4.17. The van der Waals surface area contributed by atoms with E-state index in [1.165, 1.54) is 0 Å². The number of allylic oxidation sites excluding steroid dienone is 1. The molecule has 2 aromatic carbocycles. The maximum atomic E-state index is 13.3. The molecule has 0 bridgehead atoms. The standard InChI is InChI=1S/C26H25Br2NO4/c1-4-7-21-24(26(31)33-6-3)23(17-8-12-19(27)13-9-17)25(18-10-14-20(28)15-11-18)29(21)16-22(30)32-5-2/h4,7-15H,5-6,16H2,1-3H3/b7-4+. The number of hydrogen-bond donors (Lipinski definition) is 0. The van der Waals surface area contributed by atoms with E-state index in [1.54, 1.807) is 13.8 Å². The zero-order valence-corrected chi connectivity index (χ0v) is 21.9. The van der Waals surface area contributed by atoms with Crippen LogP contribution in [0.2, 0.25) is 0 Å². The molecule has 0 spiro atoms. The molecule has 0 atom stereocenters. The van der Waals surface area contributed by atoms with Crippen LogP contribution in [-0.4, -0.2) is 29.7 Å². The lowest BCUT2D eigenvalue weighted by atomic mass is 9.96. The Morgan fingerprint density at radius 3 is 1.94 bits per heavy atom. The average Bonchev–Trinajstić information content (AvgIpc) is 3.09. The van der Waals surface area contributed by atoms with Gasteiger partial charge in [0.15, 0.2) is 0 Å². The van der Waals surface area contributed by atoms with Crippen molar-refractivity contribution in [3.63, 3.8) is 0 Å². The van der Waals surface area contributed by atoms with Crippen LogP contribution in [0, 0.1) is 0 Å². The van der Waals surface area contributed by atoms with E-state index in [2.05, 4.69) is 31.9 Å². The van der Waals surface area contributed by atoms with Crippen LogP contribution in [0.15, 0.2) is 63.6 Å². The van der Waals surface area contributed by atoms with Crippen LogP contribution in [0.4, 0.5) is 0 Å². The molecule has 3 rings (SSSR count). The summed E-state index contributed by atoms with van der Waals surface area (Å²) < 4.78 is 14.4. The van der Waals surface area contributed by atoms with Crippen molar-refractivity contribution in [2.45, 2.75) is 27.3 Å². The number of carbonyl (C=O) groups excluding carboxylic acids is 2. The molecule has 3 aromatic rings. The maximum absolute atomic E-state index is 13.3. The van der Waals surface area contributed by atoms with Crippen molar-refractivity contribution in [2.75, 3.05) is 13.2 Å². The molecular formula is C26H25Br2NO4. The number of hydrogen-bond acceptors (Lipinski definition) is 4. The highest BCUT2D eigenvalue weighted by atomic mass is 79.9. The summed E-state index contributed by atoms with van der Waals surface area (Å²) in [5, 5.41) is 0. The van der Waals surface area contributed by atoms with E-state index in [4.69, 9.17) is 9.47 Å². The maximum Gasteiger partial charge on any atom is 0.340 e. The van der Waals surface area contributed by atoms with Crippen LogP contribution in [0.5, 0.6) is 0 Å². The Morgan fingerprint density at radius 2 is 1.42 bits per heavy atom. The predicted octanol–water partition coefficient (Wildman–Crippen LogP) is 7.12. The van der Waals surface area contributed by atoms with Gasteiger partial charge in [-0.15, -0.1) is 0 Å². The van der Waals surface area contributed by atoms with E-state index in [0.717, 1.165) is 25.8 Å². The number of benzene rings is 2. The van der Waals surface area contributed by atoms with Gasteiger partial charge in [-0.05, 0) is 62.2 Å². The largest absolute Gasteiger partial charge is 0.465 e. The molecule has 0 aliphatic heterocycles. The first-order valence-corrected chi connectivity index (χ1v) is 12.2. The van der Waals surface area contributed by atoms with Gasteiger partial charge in [-0.3, -0.25) is 4.79 Å². The number of carbonyl (C=O) groups is 2. The normalized spacial score (nSPS) is 11.1. The van der Waals surface area contributed by atoms with Crippen molar-refractivity contribution in [2.24, 2.45) is 0 Å². The molecule has 1 heterocycles. The molecule has 172 valence electrons. The Balaban J connectivity index is 2.44. The van der Waals surface area contributed by atoms with E-state index < -0.39 is 5.97 Å². The van der Waals surface area contributed by atoms with Crippen LogP contribution in [0.3, 0.4) is 0 Å². The second-order valence-electron chi connectivity index (χ2n) is 7.11. The fourth-order valence-electron chi connectivity index (χ4n) is 3.68. The summed E-state index contributed by atoms with van der Waals surface area (Å²) in [4.78, 5) is 25.9. The highest BCUT2D eigenvalue weighted by Gasteiger charge is 2.30. The summed E-state index contributed by atoms with van der Waals surface area (Å²) in [6.45, 7) is 5.89. The van der Waals surface area contributed by atoms with Crippen LogP contribution >= 0.6 is 31.9 Å². The molecular weight excluding hydrogens is 550 g/mol. The van der Waals surface area contributed by atoms with E-state index >= 15 is 0 Å². The van der Waals surface area contributed by atoms with Crippen molar-refractivity contribution in [1.82, 2.24) is 4.57 Å². The number of halogens is 2. The first-order valence-electron chi connectivity index (χ1n) is 10.6. The average molecular weight is 575 g/mol. The van der Waals surface area contributed by atoms with E-state index in [9.17, 15) is 9.59 Å². The van der Waals surface area contributed by atoms with Crippen LogP contribution in [0.25, 0.3) is 28.5 Å². The quantitative estimate of drug-likeness (QED) is 0.269. The number of ether oxygens (including phenoxy) is 2. The van der Waals surface area contributed by atoms with Gasteiger partial charge in [0.1, 0.15) is 6.54 Å². The fourth-order valence-corrected chi connectivity index (χ4v) is 4.21. The van der Waals surface area contributed by atoms with Crippen LogP contribution in [0.1, 0.15) is 36.8 Å². The van der Waals surface area contributed by atoms with E-state index in [1.807, 2.05) is 72.2 Å². The van der Waals surface area contributed by atoms with Crippen molar-refractivity contribution < 1.29 is 19.1 Å².